The van der Waals surface area contributed by atoms with Gasteiger partial charge in [0.15, 0.2) is 0 Å². The van der Waals surface area contributed by atoms with Gasteiger partial charge in [0.05, 0.1) is 18.0 Å². The number of hydrogen-bond acceptors (Lipinski definition) is 3. The van der Waals surface area contributed by atoms with Gasteiger partial charge in [-0.15, -0.1) is 0 Å². The van der Waals surface area contributed by atoms with Crippen molar-refractivity contribution in [1.82, 2.24) is 20.0 Å². The second kappa shape index (κ2) is 3.10. The number of aromatic nitrogens is 4. The quantitative estimate of drug-likeness (QED) is 0.708. The van der Waals surface area contributed by atoms with E-state index in [0.717, 1.165) is 5.56 Å². The Labute approximate surface area is 80.7 Å². The number of H-pyrrole nitrogens is 1. The summed E-state index contributed by atoms with van der Waals surface area (Å²) in [5.74, 6) is -0.0590. The van der Waals surface area contributed by atoms with Crippen molar-refractivity contribution in [2.45, 2.75) is 6.92 Å². The summed E-state index contributed by atoms with van der Waals surface area (Å²) in [4.78, 5) is 11.9. The van der Waals surface area contributed by atoms with Gasteiger partial charge in [0.1, 0.15) is 5.69 Å². The molecule has 0 spiro atoms. The average molecular weight is 190 g/mol. The maximum Gasteiger partial charge on any atom is 0.214 e. The van der Waals surface area contributed by atoms with Gasteiger partial charge in [-0.1, -0.05) is 0 Å². The van der Waals surface area contributed by atoms with Crippen molar-refractivity contribution in [3.63, 3.8) is 0 Å². The first-order chi connectivity index (χ1) is 6.70. The van der Waals surface area contributed by atoms with Crippen molar-refractivity contribution in [3.8, 4) is 0 Å². The molecule has 2 aromatic heterocycles. The highest BCUT2D eigenvalue weighted by Crippen LogP contribution is 2.11. The van der Waals surface area contributed by atoms with Crippen LogP contribution in [-0.2, 0) is 7.05 Å². The summed E-state index contributed by atoms with van der Waals surface area (Å²) >= 11 is 0. The number of nitrogens with one attached hydrogen (secondary N) is 1. The Morgan fingerprint density at radius 1 is 1.50 bits per heavy atom. The van der Waals surface area contributed by atoms with Crippen LogP contribution in [0.1, 0.15) is 21.6 Å². The van der Waals surface area contributed by atoms with Crippen LogP contribution in [0.15, 0.2) is 18.6 Å². The number of rotatable bonds is 2. The second-order valence-electron chi connectivity index (χ2n) is 3.12. The topological polar surface area (TPSA) is 63.6 Å². The summed E-state index contributed by atoms with van der Waals surface area (Å²) in [5.41, 5.74) is 2.03. The molecule has 0 bridgehead atoms. The Kier molecular flexibility index (Phi) is 1.92. The van der Waals surface area contributed by atoms with Gasteiger partial charge in [-0.2, -0.15) is 10.2 Å². The molecular weight excluding hydrogens is 180 g/mol. The summed E-state index contributed by atoms with van der Waals surface area (Å²) in [6, 6.07) is 0. The van der Waals surface area contributed by atoms with Crippen LogP contribution in [0.5, 0.6) is 0 Å². The summed E-state index contributed by atoms with van der Waals surface area (Å²) in [6.07, 6.45) is 4.76. The molecule has 5 nitrogen and oxygen atoms in total. The molecule has 0 atom stereocenters. The maximum atomic E-state index is 11.9. The molecule has 0 aliphatic carbocycles. The van der Waals surface area contributed by atoms with Crippen molar-refractivity contribution in [2.24, 2.45) is 7.05 Å². The second-order valence-corrected chi connectivity index (χ2v) is 3.12. The molecule has 0 unspecified atom stereocenters. The number of carbonyl (C=O) groups excluding carboxylic acids is 1. The molecule has 5 heteroatoms. The Morgan fingerprint density at radius 3 is 2.79 bits per heavy atom. The third kappa shape index (κ3) is 1.22. The van der Waals surface area contributed by atoms with Crippen LogP contribution in [0, 0.1) is 6.92 Å². The molecule has 1 N–H and O–H groups in total. The van der Waals surface area contributed by atoms with Crippen LogP contribution in [-0.4, -0.2) is 25.8 Å². The van der Waals surface area contributed by atoms with Crippen LogP contribution < -0.4 is 0 Å². The number of aryl methyl sites for hydroxylation is 2. The molecule has 0 fully saturated rings. The normalized spacial score (nSPS) is 10.4. The van der Waals surface area contributed by atoms with Gasteiger partial charge in [-0.25, -0.2) is 0 Å². The van der Waals surface area contributed by atoms with Gasteiger partial charge in [0, 0.05) is 13.2 Å². The van der Waals surface area contributed by atoms with Gasteiger partial charge in [0.2, 0.25) is 5.78 Å². The van der Waals surface area contributed by atoms with E-state index in [1.54, 1.807) is 24.1 Å². The minimum absolute atomic E-state index is 0.0590. The van der Waals surface area contributed by atoms with Gasteiger partial charge >= 0.3 is 0 Å². The lowest BCUT2D eigenvalue weighted by Gasteiger charge is -1.99. The molecule has 0 aliphatic heterocycles. The van der Waals surface area contributed by atoms with Gasteiger partial charge in [-0.05, 0) is 12.5 Å². The molecule has 0 aliphatic rings. The van der Waals surface area contributed by atoms with E-state index in [0.29, 0.717) is 11.3 Å². The zero-order chi connectivity index (χ0) is 10.1. The zero-order valence-electron chi connectivity index (χ0n) is 7.98. The fraction of sp³-hybridized carbons (Fsp3) is 0.222. The minimum atomic E-state index is -0.0590. The molecule has 0 radical (unpaired) electrons. The van der Waals surface area contributed by atoms with E-state index in [-0.39, 0.29) is 5.78 Å². The van der Waals surface area contributed by atoms with Crippen LogP contribution in [0.25, 0.3) is 0 Å². The highest BCUT2D eigenvalue weighted by Gasteiger charge is 2.16. The molecule has 0 aromatic carbocycles. The van der Waals surface area contributed by atoms with Gasteiger partial charge in [0.25, 0.3) is 0 Å². The molecule has 72 valence electrons. The fourth-order valence-corrected chi connectivity index (χ4v) is 1.39. The van der Waals surface area contributed by atoms with Crippen LogP contribution >= 0.6 is 0 Å². The molecule has 0 saturated heterocycles. The predicted octanol–water partition coefficient (Wildman–Crippen LogP) is 0.683. The van der Waals surface area contributed by atoms with E-state index in [1.807, 2.05) is 6.92 Å². The van der Waals surface area contributed by atoms with E-state index in [9.17, 15) is 4.79 Å². The first kappa shape index (κ1) is 8.68. The van der Waals surface area contributed by atoms with Crippen molar-refractivity contribution in [1.29, 1.82) is 0 Å². The number of hydrogen-bond donors (Lipinski definition) is 1. The Balaban J connectivity index is 2.46. The smallest absolute Gasteiger partial charge is 0.214 e. The molecular formula is C9H10N4O. The highest BCUT2D eigenvalue weighted by atomic mass is 16.1. The van der Waals surface area contributed by atoms with Gasteiger partial charge in [-0.3, -0.25) is 14.6 Å². The molecule has 2 aromatic rings. The van der Waals surface area contributed by atoms with Crippen molar-refractivity contribution in [2.75, 3.05) is 0 Å². The number of ketones is 1. The standard InChI is InChI=1S/C9H10N4O/c1-6-3-12-13(2)8(6)9(14)7-4-10-11-5-7/h3-5H,1-2H3,(H,10,11). The summed E-state index contributed by atoms with van der Waals surface area (Å²) in [6.45, 7) is 1.86. The first-order valence-corrected chi connectivity index (χ1v) is 4.22. The van der Waals surface area contributed by atoms with E-state index in [1.165, 1.54) is 6.20 Å². The maximum absolute atomic E-state index is 11.9. The van der Waals surface area contributed by atoms with Crippen LogP contribution in [0.2, 0.25) is 0 Å². The summed E-state index contributed by atoms with van der Waals surface area (Å²) in [5, 5.41) is 10.4. The summed E-state index contributed by atoms with van der Waals surface area (Å²) in [7, 11) is 1.75. The van der Waals surface area contributed by atoms with Gasteiger partial charge < -0.3 is 0 Å². The zero-order valence-corrected chi connectivity index (χ0v) is 7.98. The predicted molar refractivity (Wildman–Crippen MR) is 50.0 cm³/mol. The van der Waals surface area contributed by atoms with E-state index in [4.69, 9.17) is 0 Å². The molecule has 0 saturated carbocycles. The number of nitrogens with zero attached hydrogens (tertiary/aromatic N) is 3. The molecule has 2 heterocycles. The SMILES string of the molecule is Cc1cnn(C)c1C(=O)c1cn[nH]c1. The number of carbonyl (C=O) groups is 1. The first-order valence-electron chi connectivity index (χ1n) is 4.22. The largest absolute Gasteiger partial charge is 0.287 e. The summed E-state index contributed by atoms with van der Waals surface area (Å²) < 4.78 is 1.57. The van der Waals surface area contributed by atoms with Crippen LogP contribution in [0.3, 0.4) is 0 Å². The molecule has 14 heavy (non-hydrogen) atoms. The lowest BCUT2D eigenvalue weighted by atomic mass is 10.1. The monoisotopic (exact) mass is 190 g/mol. The van der Waals surface area contributed by atoms with E-state index < -0.39 is 0 Å². The number of aromatic amines is 1. The lowest BCUT2D eigenvalue weighted by Crippen LogP contribution is -2.08. The van der Waals surface area contributed by atoms with Crippen molar-refractivity contribution >= 4 is 5.78 Å². The van der Waals surface area contributed by atoms with Crippen molar-refractivity contribution in [3.05, 3.63) is 35.4 Å². The molecule has 0 amide bonds. The third-order valence-corrected chi connectivity index (χ3v) is 2.10. The van der Waals surface area contributed by atoms with Crippen molar-refractivity contribution < 1.29 is 4.79 Å². The molecule has 2 rings (SSSR count). The lowest BCUT2D eigenvalue weighted by molar-refractivity contribution is 0.102. The third-order valence-electron chi connectivity index (χ3n) is 2.10. The Hall–Kier alpha value is -1.91. The van der Waals surface area contributed by atoms with Crippen LogP contribution in [0.4, 0.5) is 0 Å². The van der Waals surface area contributed by atoms with E-state index >= 15 is 0 Å². The minimum Gasteiger partial charge on any atom is -0.287 e. The Morgan fingerprint density at radius 2 is 2.29 bits per heavy atom. The average Bonchev–Trinajstić information content (AvgIpc) is 2.75. The highest BCUT2D eigenvalue weighted by molar-refractivity contribution is 6.08. The Bertz CT molecular complexity index is 436. The van der Waals surface area contributed by atoms with E-state index in [2.05, 4.69) is 15.3 Å². The fourth-order valence-electron chi connectivity index (χ4n) is 1.39.